The zero-order chi connectivity index (χ0) is 23.5. The van der Waals surface area contributed by atoms with E-state index in [0.717, 1.165) is 42.9 Å². The maximum atomic E-state index is 13.9. The van der Waals surface area contributed by atoms with Crippen molar-refractivity contribution in [3.8, 4) is 11.3 Å². The summed E-state index contributed by atoms with van der Waals surface area (Å²) in [6, 6.07) is 12.5. The van der Waals surface area contributed by atoms with Gasteiger partial charge in [-0.05, 0) is 62.4 Å². The standard InChI is InChI=1S/C26H28ClFN4O.2ClH/c1-18-17-21(8-11-23(18)28)24-19(2)25(31-15-13-30(3)14-16-31)26(33)32(29-24)12-4-5-20-6-9-22(27)10-7-20;;/h4-11,17H,12-16H2,1-3H3;2*1H. The Kier molecular flexibility index (Phi) is 10.3. The van der Waals surface area contributed by atoms with Gasteiger partial charge in [0.25, 0.3) is 5.56 Å². The van der Waals surface area contributed by atoms with Crippen LogP contribution in [0.4, 0.5) is 10.1 Å². The van der Waals surface area contributed by atoms with Gasteiger partial charge in [0.05, 0.1) is 12.2 Å². The molecule has 0 amide bonds. The van der Waals surface area contributed by atoms with Gasteiger partial charge in [-0.3, -0.25) is 4.79 Å². The van der Waals surface area contributed by atoms with E-state index in [2.05, 4.69) is 16.8 Å². The molecule has 1 aliphatic rings. The van der Waals surface area contributed by atoms with Crippen molar-refractivity contribution in [2.75, 3.05) is 38.1 Å². The van der Waals surface area contributed by atoms with Crippen molar-refractivity contribution in [1.29, 1.82) is 0 Å². The summed E-state index contributed by atoms with van der Waals surface area (Å²) in [7, 11) is 2.09. The number of aromatic nitrogens is 2. The number of allylic oxidation sites excluding steroid dienone is 1. The number of aryl methyl sites for hydroxylation is 1. The van der Waals surface area contributed by atoms with Crippen molar-refractivity contribution in [2.45, 2.75) is 20.4 Å². The van der Waals surface area contributed by atoms with Crippen molar-refractivity contribution in [3.63, 3.8) is 0 Å². The van der Waals surface area contributed by atoms with E-state index in [1.165, 1.54) is 10.7 Å². The van der Waals surface area contributed by atoms with Crippen molar-refractivity contribution >= 4 is 48.2 Å². The Labute approximate surface area is 223 Å². The van der Waals surface area contributed by atoms with Gasteiger partial charge in [-0.2, -0.15) is 5.10 Å². The molecule has 0 saturated carbocycles. The molecule has 4 rings (SSSR count). The van der Waals surface area contributed by atoms with Gasteiger partial charge in [-0.15, -0.1) is 24.8 Å². The van der Waals surface area contributed by atoms with E-state index in [9.17, 15) is 9.18 Å². The highest BCUT2D eigenvalue weighted by Gasteiger charge is 2.23. The van der Waals surface area contributed by atoms with Crippen LogP contribution in [0.1, 0.15) is 16.7 Å². The van der Waals surface area contributed by atoms with E-state index in [1.807, 2.05) is 43.3 Å². The molecule has 2 heterocycles. The predicted molar refractivity (Wildman–Crippen MR) is 148 cm³/mol. The number of likely N-dealkylation sites (N-methyl/N-ethyl adjacent to an activating group) is 1. The molecule has 9 heteroatoms. The molecule has 5 nitrogen and oxygen atoms in total. The topological polar surface area (TPSA) is 41.4 Å². The second-order valence-electron chi connectivity index (χ2n) is 8.52. The van der Waals surface area contributed by atoms with Gasteiger partial charge in [0, 0.05) is 42.3 Å². The van der Waals surface area contributed by atoms with Gasteiger partial charge >= 0.3 is 0 Å². The van der Waals surface area contributed by atoms with Crippen LogP contribution < -0.4 is 10.5 Å². The lowest BCUT2D eigenvalue weighted by Crippen LogP contribution is -2.47. The summed E-state index contributed by atoms with van der Waals surface area (Å²) in [6.07, 6.45) is 3.86. The SMILES string of the molecule is Cc1cc(-c2nn(CC=Cc3ccc(Cl)cc3)c(=O)c(N3CCN(C)CC3)c2C)ccc1F.Cl.Cl. The molecular weight excluding hydrogens is 510 g/mol. The first-order valence-electron chi connectivity index (χ1n) is 11.1. The fourth-order valence-corrected chi connectivity index (χ4v) is 4.22. The number of piperazine rings is 1. The summed E-state index contributed by atoms with van der Waals surface area (Å²) in [5.74, 6) is -0.255. The molecule has 188 valence electrons. The third kappa shape index (κ3) is 6.64. The Morgan fingerprint density at radius 3 is 2.31 bits per heavy atom. The van der Waals surface area contributed by atoms with Crippen molar-refractivity contribution in [2.24, 2.45) is 0 Å². The van der Waals surface area contributed by atoms with E-state index < -0.39 is 0 Å². The fourth-order valence-electron chi connectivity index (χ4n) is 4.09. The highest BCUT2D eigenvalue weighted by Crippen LogP contribution is 2.28. The molecule has 1 saturated heterocycles. The Bertz CT molecular complexity index is 1240. The van der Waals surface area contributed by atoms with Gasteiger partial charge in [0.1, 0.15) is 11.5 Å². The highest BCUT2D eigenvalue weighted by atomic mass is 35.5. The number of nitrogens with zero attached hydrogens (tertiary/aromatic N) is 4. The zero-order valence-corrected chi connectivity index (χ0v) is 22.4. The summed E-state index contributed by atoms with van der Waals surface area (Å²) in [5.41, 5.74) is 4.44. The normalized spacial score (nSPS) is 14.0. The fraction of sp³-hybridized carbons (Fsp3) is 0.308. The summed E-state index contributed by atoms with van der Waals surface area (Å²) < 4.78 is 15.4. The Morgan fingerprint density at radius 1 is 1.03 bits per heavy atom. The van der Waals surface area contributed by atoms with E-state index in [4.69, 9.17) is 16.7 Å². The molecule has 0 N–H and O–H groups in total. The molecule has 0 atom stereocenters. The van der Waals surface area contributed by atoms with Crippen molar-refractivity contribution < 1.29 is 4.39 Å². The number of hydrogen-bond acceptors (Lipinski definition) is 4. The minimum absolute atomic E-state index is 0. The zero-order valence-electron chi connectivity index (χ0n) is 20.0. The molecule has 0 spiro atoms. The molecule has 35 heavy (non-hydrogen) atoms. The maximum Gasteiger partial charge on any atom is 0.290 e. The van der Waals surface area contributed by atoms with Gasteiger partial charge in [0.2, 0.25) is 0 Å². The molecule has 1 aromatic heterocycles. The maximum absolute atomic E-state index is 13.9. The first kappa shape index (κ1) is 28.9. The minimum atomic E-state index is -0.255. The number of anilines is 1. The van der Waals surface area contributed by atoms with Crippen LogP contribution in [0.25, 0.3) is 17.3 Å². The van der Waals surface area contributed by atoms with Crippen LogP contribution in [0.3, 0.4) is 0 Å². The van der Waals surface area contributed by atoms with Crippen molar-refractivity contribution in [1.82, 2.24) is 14.7 Å². The number of hydrogen-bond donors (Lipinski definition) is 0. The molecule has 0 unspecified atom stereocenters. The lowest BCUT2D eigenvalue weighted by Gasteiger charge is -2.34. The summed E-state index contributed by atoms with van der Waals surface area (Å²) in [5, 5.41) is 5.38. The molecule has 1 fully saturated rings. The first-order valence-corrected chi connectivity index (χ1v) is 11.4. The monoisotopic (exact) mass is 538 g/mol. The first-order chi connectivity index (χ1) is 15.8. The third-order valence-corrected chi connectivity index (χ3v) is 6.33. The molecule has 0 aliphatic carbocycles. The second kappa shape index (κ2) is 12.5. The third-order valence-electron chi connectivity index (χ3n) is 6.08. The van der Waals surface area contributed by atoms with E-state index >= 15 is 0 Å². The van der Waals surface area contributed by atoms with E-state index in [1.54, 1.807) is 19.1 Å². The quantitative estimate of drug-likeness (QED) is 0.421. The molecule has 0 bridgehead atoms. The van der Waals surface area contributed by atoms with Gasteiger partial charge < -0.3 is 9.80 Å². The smallest absolute Gasteiger partial charge is 0.290 e. The highest BCUT2D eigenvalue weighted by molar-refractivity contribution is 6.30. The van der Waals surface area contributed by atoms with Crippen LogP contribution in [0.5, 0.6) is 0 Å². The van der Waals surface area contributed by atoms with Crippen LogP contribution in [0, 0.1) is 19.7 Å². The number of benzene rings is 2. The van der Waals surface area contributed by atoms with E-state index in [-0.39, 0.29) is 36.2 Å². The molecule has 3 aromatic rings. The van der Waals surface area contributed by atoms with E-state index in [0.29, 0.717) is 28.5 Å². The number of rotatable bonds is 5. The minimum Gasteiger partial charge on any atom is -0.364 e. The largest absolute Gasteiger partial charge is 0.364 e. The predicted octanol–water partition coefficient (Wildman–Crippen LogP) is 5.63. The van der Waals surface area contributed by atoms with Crippen LogP contribution in [0.15, 0.2) is 53.3 Å². The Hall–Kier alpha value is -2.38. The molecule has 1 aliphatic heterocycles. The average molecular weight is 540 g/mol. The Balaban J connectivity index is 0.00000216. The van der Waals surface area contributed by atoms with Gasteiger partial charge in [-0.1, -0.05) is 35.9 Å². The molecule has 2 aromatic carbocycles. The molecular formula is C26H30Cl3FN4O. The summed E-state index contributed by atoms with van der Waals surface area (Å²) >= 11 is 5.96. The van der Waals surface area contributed by atoms with Crippen LogP contribution in [0.2, 0.25) is 5.02 Å². The number of halogens is 4. The molecule has 0 radical (unpaired) electrons. The summed E-state index contributed by atoms with van der Waals surface area (Å²) in [6.45, 7) is 7.34. The lowest BCUT2D eigenvalue weighted by atomic mass is 10.0. The van der Waals surface area contributed by atoms with Crippen LogP contribution in [-0.2, 0) is 6.54 Å². The van der Waals surface area contributed by atoms with Crippen LogP contribution >= 0.6 is 36.4 Å². The van der Waals surface area contributed by atoms with Crippen LogP contribution in [-0.4, -0.2) is 47.9 Å². The van der Waals surface area contributed by atoms with Gasteiger partial charge in [0.15, 0.2) is 0 Å². The van der Waals surface area contributed by atoms with Gasteiger partial charge in [-0.25, -0.2) is 9.07 Å². The average Bonchev–Trinajstić information content (AvgIpc) is 2.80. The Morgan fingerprint density at radius 2 is 1.69 bits per heavy atom. The lowest BCUT2D eigenvalue weighted by molar-refractivity contribution is 0.312. The second-order valence-corrected chi connectivity index (χ2v) is 8.95. The summed E-state index contributed by atoms with van der Waals surface area (Å²) in [4.78, 5) is 17.9. The van der Waals surface area contributed by atoms with Crippen molar-refractivity contribution in [3.05, 3.63) is 86.4 Å².